The third-order valence-electron chi connectivity index (χ3n) is 2.79. The molecule has 0 fully saturated rings. The summed E-state index contributed by atoms with van der Waals surface area (Å²) < 4.78 is 0. The Kier molecular flexibility index (Phi) is 6.07. The van der Waals surface area contributed by atoms with Crippen LogP contribution in [0.15, 0.2) is 23.1 Å². The summed E-state index contributed by atoms with van der Waals surface area (Å²) in [6.45, 7) is 2.14. The third kappa shape index (κ3) is 4.59. The first-order valence-corrected chi connectivity index (χ1v) is 7.02. The number of hydrogen-bond acceptors (Lipinski definition) is 4. The second kappa shape index (κ2) is 7.56. The molecule has 0 aliphatic rings. The Labute approximate surface area is 122 Å². The molecule has 0 bridgehead atoms. The molecule has 6 heteroatoms. The summed E-state index contributed by atoms with van der Waals surface area (Å²) >= 11 is 1.29. The van der Waals surface area contributed by atoms with E-state index in [0.717, 1.165) is 4.90 Å². The maximum atomic E-state index is 11.8. The number of thioether (sulfide) groups is 1. The standard InChI is InChI=1S/C14H16N2O3S/c1-10-4-5-11(8-12(10)14(18)19)20-9-13(17)16(2)7-3-6-15/h4-5,8H,3,7,9H2,1-2H3,(H,18,19). The Morgan fingerprint density at radius 1 is 1.45 bits per heavy atom. The molecule has 0 radical (unpaired) electrons. The molecule has 1 rings (SSSR count). The molecule has 0 unspecified atom stereocenters. The molecule has 0 spiro atoms. The van der Waals surface area contributed by atoms with Gasteiger partial charge in [0, 0.05) is 18.5 Å². The molecule has 0 aromatic heterocycles. The van der Waals surface area contributed by atoms with E-state index in [-0.39, 0.29) is 17.2 Å². The van der Waals surface area contributed by atoms with E-state index in [1.165, 1.54) is 16.7 Å². The predicted molar refractivity (Wildman–Crippen MR) is 76.7 cm³/mol. The van der Waals surface area contributed by atoms with Crippen LogP contribution in [0, 0.1) is 18.3 Å². The first-order chi connectivity index (χ1) is 9.45. The lowest BCUT2D eigenvalue weighted by Crippen LogP contribution is -2.29. The molecule has 106 valence electrons. The fourth-order valence-corrected chi connectivity index (χ4v) is 2.39. The van der Waals surface area contributed by atoms with E-state index >= 15 is 0 Å². The Morgan fingerprint density at radius 3 is 2.75 bits per heavy atom. The molecular formula is C14H16N2O3S. The van der Waals surface area contributed by atoms with Gasteiger partial charge in [-0.2, -0.15) is 5.26 Å². The van der Waals surface area contributed by atoms with Crippen molar-refractivity contribution in [1.29, 1.82) is 5.26 Å². The van der Waals surface area contributed by atoms with Gasteiger partial charge in [-0.05, 0) is 24.6 Å². The second-order valence-corrected chi connectivity index (χ2v) is 5.34. The maximum Gasteiger partial charge on any atom is 0.335 e. The first-order valence-electron chi connectivity index (χ1n) is 6.03. The predicted octanol–water partition coefficient (Wildman–Crippen LogP) is 2.16. The molecule has 1 aromatic carbocycles. The van der Waals surface area contributed by atoms with Gasteiger partial charge in [-0.25, -0.2) is 4.79 Å². The number of aryl methyl sites for hydroxylation is 1. The molecule has 0 aliphatic heterocycles. The molecule has 0 heterocycles. The number of aromatic carboxylic acids is 1. The normalized spacial score (nSPS) is 9.85. The number of amides is 1. The summed E-state index contributed by atoms with van der Waals surface area (Å²) in [4.78, 5) is 25.1. The van der Waals surface area contributed by atoms with Crippen LogP contribution in [0.25, 0.3) is 0 Å². The molecule has 5 nitrogen and oxygen atoms in total. The highest BCUT2D eigenvalue weighted by Crippen LogP contribution is 2.21. The van der Waals surface area contributed by atoms with Crippen molar-refractivity contribution in [2.24, 2.45) is 0 Å². The molecule has 0 saturated heterocycles. The number of nitriles is 1. The number of hydrogen-bond donors (Lipinski definition) is 1. The quantitative estimate of drug-likeness (QED) is 0.812. The van der Waals surface area contributed by atoms with Gasteiger partial charge >= 0.3 is 5.97 Å². The second-order valence-electron chi connectivity index (χ2n) is 4.29. The molecule has 20 heavy (non-hydrogen) atoms. The number of nitrogens with zero attached hydrogens (tertiary/aromatic N) is 2. The van der Waals surface area contributed by atoms with Gasteiger partial charge < -0.3 is 10.0 Å². The molecule has 1 N–H and O–H groups in total. The minimum absolute atomic E-state index is 0.0808. The van der Waals surface area contributed by atoms with Gasteiger partial charge in [0.1, 0.15) is 0 Å². The Morgan fingerprint density at radius 2 is 2.15 bits per heavy atom. The summed E-state index contributed by atoms with van der Waals surface area (Å²) in [5.74, 6) is -0.825. The van der Waals surface area contributed by atoms with Crippen molar-refractivity contribution in [3.63, 3.8) is 0 Å². The van der Waals surface area contributed by atoms with E-state index < -0.39 is 5.97 Å². The summed E-state index contributed by atoms with van der Waals surface area (Å²) in [6, 6.07) is 7.09. The lowest BCUT2D eigenvalue weighted by Gasteiger charge is -2.15. The fraction of sp³-hybridized carbons (Fsp3) is 0.357. The first kappa shape index (κ1) is 16.1. The highest BCUT2D eigenvalue weighted by atomic mass is 32.2. The molecule has 0 atom stereocenters. The summed E-state index contributed by atoms with van der Waals surface area (Å²) in [7, 11) is 1.65. The van der Waals surface area contributed by atoms with E-state index in [0.29, 0.717) is 18.5 Å². The van der Waals surface area contributed by atoms with E-state index in [2.05, 4.69) is 0 Å². The van der Waals surface area contributed by atoms with Crippen molar-refractivity contribution < 1.29 is 14.7 Å². The van der Waals surface area contributed by atoms with Crippen molar-refractivity contribution in [3.05, 3.63) is 29.3 Å². The van der Waals surface area contributed by atoms with E-state index in [1.807, 2.05) is 6.07 Å². The van der Waals surface area contributed by atoms with Crippen LogP contribution in [0.2, 0.25) is 0 Å². The smallest absolute Gasteiger partial charge is 0.335 e. The van der Waals surface area contributed by atoms with Crippen LogP contribution in [-0.2, 0) is 4.79 Å². The zero-order valence-corrected chi connectivity index (χ0v) is 12.2. The number of carbonyl (C=O) groups excluding carboxylic acids is 1. The lowest BCUT2D eigenvalue weighted by molar-refractivity contribution is -0.127. The minimum Gasteiger partial charge on any atom is -0.478 e. The fourth-order valence-electron chi connectivity index (χ4n) is 1.52. The van der Waals surface area contributed by atoms with E-state index in [9.17, 15) is 9.59 Å². The monoisotopic (exact) mass is 292 g/mol. The zero-order chi connectivity index (χ0) is 15.1. The molecular weight excluding hydrogens is 276 g/mol. The highest BCUT2D eigenvalue weighted by Gasteiger charge is 2.11. The lowest BCUT2D eigenvalue weighted by atomic mass is 10.1. The Hall–Kier alpha value is -2.00. The largest absolute Gasteiger partial charge is 0.478 e. The average molecular weight is 292 g/mol. The van der Waals surface area contributed by atoms with Crippen molar-refractivity contribution in [2.45, 2.75) is 18.2 Å². The SMILES string of the molecule is Cc1ccc(SCC(=O)N(C)CCC#N)cc1C(=O)O. The van der Waals surface area contributed by atoms with Crippen molar-refractivity contribution in [1.82, 2.24) is 4.90 Å². The van der Waals surface area contributed by atoms with Gasteiger partial charge in [0.2, 0.25) is 5.91 Å². The Balaban J connectivity index is 2.62. The van der Waals surface area contributed by atoms with Crippen LogP contribution in [-0.4, -0.2) is 41.2 Å². The zero-order valence-electron chi connectivity index (χ0n) is 11.4. The number of carbonyl (C=O) groups is 2. The van der Waals surface area contributed by atoms with Gasteiger partial charge in [0.15, 0.2) is 0 Å². The summed E-state index contributed by atoms with van der Waals surface area (Å²) in [6.07, 6.45) is 0.306. The summed E-state index contributed by atoms with van der Waals surface area (Å²) in [5.41, 5.74) is 0.944. The Bertz CT molecular complexity index is 552. The van der Waals surface area contributed by atoms with Crippen molar-refractivity contribution in [2.75, 3.05) is 19.3 Å². The minimum atomic E-state index is -0.970. The van der Waals surface area contributed by atoms with Crippen LogP contribution >= 0.6 is 11.8 Å². The average Bonchev–Trinajstić information content (AvgIpc) is 2.43. The van der Waals surface area contributed by atoms with E-state index in [1.54, 1.807) is 32.2 Å². The molecule has 1 amide bonds. The number of carboxylic acid groups (broad SMARTS) is 1. The van der Waals surface area contributed by atoms with Crippen LogP contribution < -0.4 is 0 Å². The number of rotatable bonds is 6. The van der Waals surface area contributed by atoms with Crippen LogP contribution in [0.5, 0.6) is 0 Å². The van der Waals surface area contributed by atoms with Crippen LogP contribution in [0.4, 0.5) is 0 Å². The van der Waals surface area contributed by atoms with E-state index in [4.69, 9.17) is 10.4 Å². The summed E-state index contributed by atoms with van der Waals surface area (Å²) in [5, 5.41) is 17.5. The topological polar surface area (TPSA) is 81.4 Å². The van der Waals surface area contributed by atoms with Crippen LogP contribution in [0.1, 0.15) is 22.3 Å². The maximum absolute atomic E-state index is 11.8. The highest BCUT2D eigenvalue weighted by molar-refractivity contribution is 8.00. The molecule has 1 aromatic rings. The van der Waals surface area contributed by atoms with Gasteiger partial charge in [-0.1, -0.05) is 6.07 Å². The molecule has 0 saturated carbocycles. The number of benzene rings is 1. The van der Waals surface area contributed by atoms with Gasteiger partial charge in [-0.15, -0.1) is 11.8 Å². The van der Waals surface area contributed by atoms with Gasteiger partial charge in [-0.3, -0.25) is 4.79 Å². The van der Waals surface area contributed by atoms with Crippen molar-refractivity contribution >= 4 is 23.6 Å². The van der Waals surface area contributed by atoms with Gasteiger partial charge in [0.05, 0.1) is 23.8 Å². The molecule has 0 aliphatic carbocycles. The van der Waals surface area contributed by atoms with Gasteiger partial charge in [0.25, 0.3) is 0 Å². The van der Waals surface area contributed by atoms with Crippen molar-refractivity contribution in [3.8, 4) is 6.07 Å². The number of carboxylic acids is 1. The van der Waals surface area contributed by atoms with Crippen LogP contribution in [0.3, 0.4) is 0 Å². The third-order valence-corrected chi connectivity index (χ3v) is 3.77.